The number of benzene rings is 3. The van der Waals surface area contributed by atoms with E-state index in [1.807, 2.05) is 0 Å². The Bertz CT molecular complexity index is 936. The maximum absolute atomic E-state index is 3.19. The van der Waals surface area contributed by atoms with Gasteiger partial charge in [0, 0.05) is 14.3 Å². The average molecular weight is 603 g/mol. The van der Waals surface area contributed by atoms with Crippen molar-refractivity contribution >= 4 is 31.8 Å². The van der Waals surface area contributed by atoms with Gasteiger partial charge in [-0.2, -0.15) is 12.8 Å². The summed E-state index contributed by atoms with van der Waals surface area (Å²) in [6.07, 6.45) is 22.1. The van der Waals surface area contributed by atoms with E-state index >= 15 is 0 Å². The van der Waals surface area contributed by atoms with Crippen LogP contribution in [0.25, 0.3) is 0 Å². The fourth-order valence-electron chi connectivity index (χ4n) is 5.04. The molecule has 3 aromatic rings. The van der Waals surface area contributed by atoms with Crippen LogP contribution in [0.1, 0.15) is 44.9 Å². The Morgan fingerprint density at radius 2 is 1.22 bits per heavy atom. The van der Waals surface area contributed by atoms with E-state index in [0.29, 0.717) is 0 Å². The number of rotatable bonds is 6. The zero-order valence-electron chi connectivity index (χ0n) is 21.6. The SMILES string of the molecule is [C-]1=CCC[C-]=CCC1.[CH3-].[Rh+3].c1ccc([PH+](CC[C@H]2CCC[PH+]2c2ccccc2)c2ccccc2)cc1. The first kappa shape index (κ1) is 30.8. The van der Waals surface area contributed by atoms with Crippen LogP contribution in [0, 0.1) is 19.6 Å². The first-order valence-electron chi connectivity index (χ1n) is 12.9. The summed E-state index contributed by atoms with van der Waals surface area (Å²) in [5, 5.41) is 4.79. The number of allylic oxidation sites excluding steroid dienone is 4. The molecule has 0 bridgehead atoms. The third-order valence-corrected chi connectivity index (χ3v) is 13.2. The molecule has 1 aliphatic carbocycles. The van der Waals surface area contributed by atoms with E-state index in [-0.39, 0.29) is 34.8 Å². The Morgan fingerprint density at radius 3 is 1.75 bits per heavy atom. The minimum atomic E-state index is -0.675. The fraction of sp³-hybridized carbons (Fsp3) is 0.303. The Kier molecular flexibility index (Phi) is 15.4. The van der Waals surface area contributed by atoms with Crippen LogP contribution >= 0.6 is 15.8 Å². The van der Waals surface area contributed by atoms with Crippen molar-refractivity contribution in [2.24, 2.45) is 0 Å². The summed E-state index contributed by atoms with van der Waals surface area (Å²) in [4.78, 5) is 0. The van der Waals surface area contributed by atoms with Gasteiger partial charge in [-0.15, -0.1) is 0 Å². The molecule has 0 N–H and O–H groups in total. The summed E-state index contributed by atoms with van der Waals surface area (Å²) in [6, 6.07) is 33.9. The summed E-state index contributed by atoms with van der Waals surface area (Å²) in [7, 11) is -1.05. The van der Waals surface area contributed by atoms with Gasteiger partial charge in [0.2, 0.25) is 0 Å². The van der Waals surface area contributed by atoms with Gasteiger partial charge < -0.3 is 19.6 Å². The predicted molar refractivity (Wildman–Crippen MR) is 163 cm³/mol. The Morgan fingerprint density at radius 1 is 0.722 bits per heavy atom. The minimum Gasteiger partial charge on any atom is -0.500 e. The van der Waals surface area contributed by atoms with Crippen LogP contribution in [0.3, 0.4) is 0 Å². The smallest absolute Gasteiger partial charge is 0.500 e. The molecule has 0 amide bonds. The van der Waals surface area contributed by atoms with Gasteiger partial charge in [-0.25, -0.2) is 0 Å². The van der Waals surface area contributed by atoms with Crippen LogP contribution in [0.4, 0.5) is 0 Å². The van der Waals surface area contributed by atoms with Gasteiger partial charge >= 0.3 is 19.5 Å². The summed E-state index contributed by atoms with van der Waals surface area (Å²) in [6.45, 7) is 0. The molecular weight excluding hydrogens is 561 g/mol. The second-order valence-electron chi connectivity index (χ2n) is 9.12. The van der Waals surface area contributed by atoms with Crippen LogP contribution in [0.15, 0.2) is 103 Å². The second-order valence-corrected chi connectivity index (χ2v) is 14.7. The van der Waals surface area contributed by atoms with Gasteiger partial charge in [0.1, 0.15) is 0 Å². The van der Waals surface area contributed by atoms with Crippen molar-refractivity contribution in [3.63, 3.8) is 0 Å². The normalized spacial score (nSPS) is 18.7. The van der Waals surface area contributed by atoms with Gasteiger partial charge in [0.05, 0.1) is 41.8 Å². The van der Waals surface area contributed by atoms with E-state index in [0.717, 1.165) is 31.3 Å². The van der Waals surface area contributed by atoms with E-state index in [2.05, 4.69) is 115 Å². The molecule has 3 aromatic carbocycles. The third kappa shape index (κ3) is 9.83. The summed E-state index contributed by atoms with van der Waals surface area (Å²) in [5.41, 5.74) is 0.954. The maximum Gasteiger partial charge on any atom is 3.00 e. The molecule has 0 spiro atoms. The zero-order chi connectivity index (χ0) is 23.3. The van der Waals surface area contributed by atoms with E-state index in [4.69, 9.17) is 0 Å². The Balaban J connectivity index is 0.000000393. The molecule has 1 aliphatic heterocycles. The van der Waals surface area contributed by atoms with Gasteiger partial charge in [0.15, 0.2) is 0 Å². The average Bonchev–Trinajstić information content (AvgIpc) is 3.35. The van der Waals surface area contributed by atoms with Crippen molar-refractivity contribution in [3.8, 4) is 0 Å². The van der Waals surface area contributed by atoms with Crippen molar-refractivity contribution in [3.05, 3.63) is 123 Å². The van der Waals surface area contributed by atoms with Gasteiger partial charge in [-0.3, -0.25) is 12.2 Å². The summed E-state index contributed by atoms with van der Waals surface area (Å²) < 4.78 is 0. The van der Waals surface area contributed by atoms with Crippen LogP contribution in [-0.4, -0.2) is 18.0 Å². The van der Waals surface area contributed by atoms with Gasteiger partial charge in [0.25, 0.3) is 0 Å². The van der Waals surface area contributed by atoms with E-state index in [1.165, 1.54) is 31.6 Å². The van der Waals surface area contributed by atoms with Crippen molar-refractivity contribution in [2.75, 3.05) is 12.3 Å². The van der Waals surface area contributed by atoms with Gasteiger partial charge in [-0.05, 0) is 49.2 Å². The fourth-order valence-corrected chi connectivity index (χ4v) is 11.5. The summed E-state index contributed by atoms with van der Waals surface area (Å²) in [5.74, 6) is 0. The molecule has 2 atom stereocenters. The Labute approximate surface area is 236 Å². The molecule has 3 heteroatoms. The maximum atomic E-state index is 3.19. The third-order valence-electron chi connectivity index (χ3n) is 6.78. The molecule has 1 heterocycles. The van der Waals surface area contributed by atoms with Crippen molar-refractivity contribution in [1.82, 2.24) is 0 Å². The quantitative estimate of drug-likeness (QED) is 0.154. The van der Waals surface area contributed by atoms with E-state index < -0.39 is 7.92 Å². The van der Waals surface area contributed by atoms with Crippen LogP contribution < -0.4 is 15.9 Å². The van der Waals surface area contributed by atoms with Crippen molar-refractivity contribution in [1.29, 1.82) is 0 Å². The molecule has 0 radical (unpaired) electrons. The molecule has 0 nitrogen and oxygen atoms in total. The number of hydrogen-bond donors (Lipinski definition) is 0. The molecule has 36 heavy (non-hydrogen) atoms. The van der Waals surface area contributed by atoms with Crippen molar-refractivity contribution < 1.29 is 19.5 Å². The van der Waals surface area contributed by atoms with Crippen LogP contribution in [0.5, 0.6) is 0 Å². The molecular formula is C33H41P2Rh+2. The zero-order valence-corrected chi connectivity index (χ0v) is 25.2. The van der Waals surface area contributed by atoms with Gasteiger partial charge in [-0.1, -0.05) is 67.4 Å². The molecule has 1 unspecified atom stereocenters. The predicted octanol–water partition coefficient (Wildman–Crippen LogP) is 7.67. The largest absolute Gasteiger partial charge is 3.00 e. The first-order chi connectivity index (χ1) is 16.9. The minimum absolute atomic E-state index is 0. The standard InChI is InChI=1S/C24H26P2.C8H10.CH3.Rh/c1-4-11-21(12-5-1)25-19-10-17-24(25)18-20-26(22-13-6-2-7-14-22)23-15-8-3-9-16-23;1-2-4-6-8-7-5-3-1;;/h1-9,11-16,24H,10,17-20H2;1,8H,2,4-5,7H2;1H3;/q;-2;-1;+3/p+2/t24-,25?;;;/m1.../s1. The topological polar surface area (TPSA) is 0 Å². The Hall–Kier alpha value is -1.38. The molecule has 0 aromatic heterocycles. The molecule has 2 aliphatic rings. The summed E-state index contributed by atoms with van der Waals surface area (Å²) >= 11 is 0. The first-order valence-corrected chi connectivity index (χ1v) is 16.4. The van der Waals surface area contributed by atoms with Crippen molar-refractivity contribution in [2.45, 2.75) is 50.6 Å². The monoisotopic (exact) mass is 602 g/mol. The number of hydrogen-bond acceptors (Lipinski definition) is 0. The van der Waals surface area contributed by atoms with Crippen LogP contribution in [-0.2, 0) is 19.5 Å². The molecule has 190 valence electrons. The van der Waals surface area contributed by atoms with E-state index in [9.17, 15) is 0 Å². The van der Waals surface area contributed by atoms with E-state index in [1.54, 1.807) is 15.9 Å². The molecule has 1 saturated heterocycles. The van der Waals surface area contributed by atoms with Crippen LogP contribution in [0.2, 0.25) is 0 Å². The molecule has 0 saturated carbocycles. The second kappa shape index (κ2) is 18.0. The molecule has 1 fully saturated rings. The molecule has 5 rings (SSSR count).